The minimum Gasteiger partial charge on any atom is -0.478 e. The van der Waals surface area contributed by atoms with Crippen molar-refractivity contribution in [2.45, 2.75) is 39.3 Å². The van der Waals surface area contributed by atoms with Crippen LogP contribution in [0.3, 0.4) is 0 Å². The molecular formula is C16H19N3O4. The van der Waals surface area contributed by atoms with Gasteiger partial charge in [0.05, 0.1) is 24.0 Å². The fourth-order valence-corrected chi connectivity index (χ4v) is 2.94. The van der Waals surface area contributed by atoms with Gasteiger partial charge in [0.2, 0.25) is 0 Å². The average Bonchev–Trinajstić information content (AvgIpc) is 3.10. The number of hydrogen-bond donors (Lipinski definition) is 1. The lowest BCUT2D eigenvalue weighted by Crippen LogP contribution is -2.27. The first-order valence-corrected chi connectivity index (χ1v) is 7.60. The molecule has 23 heavy (non-hydrogen) atoms. The molecule has 1 amide bonds. The summed E-state index contributed by atoms with van der Waals surface area (Å²) in [7, 11) is 1.67. The summed E-state index contributed by atoms with van der Waals surface area (Å²) in [6, 6.07) is 1.47. The van der Waals surface area contributed by atoms with Crippen LogP contribution in [-0.4, -0.2) is 38.7 Å². The first-order chi connectivity index (χ1) is 11.0. The summed E-state index contributed by atoms with van der Waals surface area (Å²) in [4.78, 5) is 25.2. The molecule has 0 atom stereocenters. The van der Waals surface area contributed by atoms with Crippen molar-refractivity contribution in [3.05, 3.63) is 40.6 Å². The van der Waals surface area contributed by atoms with Gasteiger partial charge in [-0.3, -0.25) is 9.48 Å². The fraction of sp³-hybridized carbons (Fsp3) is 0.438. The van der Waals surface area contributed by atoms with E-state index in [1.807, 2.05) is 4.68 Å². The third-order valence-corrected chi connectivity index (χ3v) is 4.15. The molecule has 2 aromatic heterocycles. The van der Waals surface area contributed by atoms with E-state index in [9.17, 15) is 9.59 Å². The van der Waals surface area contributed by atoms with Crippen molar-refractivity contribution in [1.82, 2.24) is 14.7 Å². The Labute approximate surface area is 133 Å². The minimum atomic E-state index is -1.03. The Bertz CT molecular complexity index is 759. The van der Waals surface area contributed by atoms with Gasteiger partial charge in [-0.2, -0.15) is 5.10 Å². The lowest BCUT2D eigenvalue weighted by Gasteiger charge is -2.18. The van der Waals surface area contributed by atoms with E-state index in [0.717, 1.165) is 31.5 Å². The van der Waals surface area contributed by atoms with Crippen molar-refractivity contribution in [3.63, 3.8) is 0 Å². The van der Waals surface area contributed by atoms with Gasteiger partial charge >= 0.3 is 5.97 Å². The van der Waals surface area contributed by atoms with Gasteiger partial charge in [0.25, 0.3) is 5.91 Å². The molecule has 3 rings (SSSR count). The van der Waals surface area contributed by atoms with Crippen LogP contribution in [-0.2, 0) is 19.5 Å². The van der Waals surface area contributed by atoms with Gasteiger partial charge in [0.15, 0.2) is 0 Å². The molecule has 7 nitrogen and oxygen atoms in total. The lowest BCUT2D eigenvalue weighted by atomic mass is 10.1. The van der Waals surface area contributed by atoms with Crippen molar-refractivity contribution < 1.29 is 19.1 Å². The van der Waals surface area contributed by atoms with E-state index >= 15 is 0 Å². The number of aryl methyl sites for hydroxylation is 2. The molecule has 0 saturated heterocycles. The number of carbonyl (C=O) groups is 2. The molecule has 1 aliphatic heterocycles. The quantitative estimate of drug-likeness (QED) is 0.932. The second-order valence-corrected chi connectivity index (χ2v) is 5.83. The Morgan fingerprint density at radius 3 is 2.87 bits per heavy atom. The van der Waals surface area contributed by atoms with Crippen LogP contribution >= 0.6 is 0 Å². The second kappa shape index (κ2) is 5.91. The number of amides is 1. The zero-order valence-corrected chi connectivity index (χ0v) is 13.2. The number of furan rings is 1. The molecule has 7 heteroatoms. The summed E-state index contributed by atoms with van der Waals surface area (Å²) in [5.41, 5.74) is 1.73. The summed E-state index contributed by atoms with van der Waals surface area (Å²) in [5.74, 6) is -0.357. The van der Waals surface area contributed by atoms with E-state index in [2.05, 4.69) is 5.10 Å². The molecule has 0 aliphatic carbocycles. The number of aromatic nitrogens is 2. The summed E-state index contributed by atoms with van der Waals surface area (Å²) >= 11 is 0. The number of rotatable bonds is 4. The highest BCUT2D eigenvalue weighted by atomic mass is 16.4. The molecule has 0 saturated carbocycles. The highest BCUT2D eigenvalue weighted by molar-refractivity contribution is 5.95. The SMILES string of the molecule is Cc1oc(CN(C)C(=O)c2cnn3c2CCCC3)cc1C(=O)O. The summed E-state index contributed by atoms with van der Waals surface area (Å²) in [6.45, 7) is 2.67. The number of nitrogens with zero attached hydrogens (tertiary/aromatic N) is 3. The first-order valence-electron chi connectivity index (χ1n) is 7.60. The van der Waals surface area contributed by atoms with E-state index < -0.39 is 5.97 Å². The van der Waals surface area contributed by atoms with Crippen molar-refractivity contribution in [2.75, 3.05) is 7.05 Å². The third kappa shape index (κ3) is 2.86. The standard InChI is InChI=1S/C16H19N3O4/c1-10-12(16(21)22)7-11(23-10)9-18(2)15(20)13-8-17-19-6-4-3-5-14(13)19/h7-8H,3-6,9H2,1-2H3,(H,21,22). The number of carboxylic acid groups (broad SMARTS) is 1. The van der Waals surface area contributed by atoms with Crippen molar-refractivity contribution >= 4 is 11.9 Å². The Kier molecular flexibility index (Phi) is 3.94. The zero-order valence-electron chi connectivity index (χ0n) is 13.2. The number of aromatic carboxylic acids is 1. The topological polar surface area (TPSA) is 88.6 Å². The largest absolute Gasteiger partial charge is 0.478 e. The molecule has 0 fully saturated rings. The first kappa shape index (κ1) is 15.3. The van der Waals surface area contributed by atoms with Gasteiger partial charge in [-0.05, 0) is 32.3 Å². The van der Waals surface area contributed by atoms with E-state index in [1.165, 1.54) is 11.0 Å². The van der Waals surface area contributed by atoms with Crippen LogP contribution in [0.1, 0.15) is 50.8 Å². The van der Waals surface area contributed by atoms with Crippen LogP contribution in [0, 0.1) is 6.92 Å². The Morgan fingerprint density at radius 1 is 1.39 bits per heavy atom. The monoisotopic (exact) mass is 317 g/mol. The average molecular weight is 317 g/mol. The van der Waals surface area contributed by atoms with Gasteiger partial charge in [0.1, 0.15) is 17.1 Å². The van der Waals surface area contributed by atoms with E-state index in [1.54, 1.807) is 20.2 Å². The van der Waals surface area contributed by atoms with E-state index in [0.29, 0.717) is 17.1 Å². The highest BCUT2D eigenvalue weighted by Gasteiger charge is 2.23. The molecule has 122 valence electrons. The molecule has 1 aliphatic rings. The summed E-state index contributed by atoms with van der Waals surface area (Å²) in [5, 5.41) is 13.3. The third-order valence-electron chi connectivity index (χ3n) is 4.15. The Morgan fingerprint density at radius 2 is 2.17 bits per heavy atom. The number of carboxylic acids is 1. The van der Waals surface area contributed by atoms with Gasteiger partial charge < -0.3 is 14.4 Å². The maximum Gasteiger partial charge on any atom is 0.339 e. The van der Waals surface area contributed by atoms with E-state index in [4.69, 9.17) is 9.52 Å². The lowest BCUT2D eigenvalue weighted by molar-refractivity contribution is 0.0694. The van der Waals surface area contributed by atoms with Crippen LogP contribution in [0.15, 0.2) is 16.7 Å². The molecule has 0 bridgehead atoms. The van der Waals surface area contributed by atoms with Crippen LogP contribution in [0.25, 0.3) is 0 Å². The van der Waals surface area contributed by atoms with Crippen LogP contribution in [0.5, 0.6) is 0 Å². The second-order valence-electron chi connectivity index (χ2n) is 5.83. The maximum atomic E-state index is 12.6. The molecule has 0 spiro atoms. The predicted octanol–water partition coefficient (Wildman–Crippen LogP) is 2.09. The fourth-order valence-electron chi connectivity index (χ4n) is 2.94. The molecule has 0 radical (unpaired) electrons. The van der Waals surface area contributed by atoms with Crippen molar-refractivity contribution in [1.29, 1.82) is 0 Å². The van der Waals surface area contributed by atoms with E-state index in [-0.39, 0.29) is 18.0 Å². The van der Waals surface area contributed by atoms with Gasteiger partial charge in [-0.1, -0.05) is 0 Å². The minimum absolute atomic E-state index is 0.126. The Balaban J connectivity index is 1.76. The Hall–Kier alpha value is -2.57. The molecular weight excluding hydrogens is 298 g/mol. The number of hydrogen-bond acceptors (Lipinski definition) is 4. The van der Waals surface area contributed by atoms with Crippen LogP contribution in [0.4, 0.5) is 0 Å². The summed E-state index contributed by atoms with van der Waals surface area (Å²) < 4.78 is 7.32. The zero-order chi connectivity index (χ0) is 16.6. The summed E-state index contributed by atoms with van der Waals surface area (Å²) in [6.07, 6.45) is 4.63. The van der Waals surface area contributed by atoms with Gasteiger partial charge in [-0.15, -0.1) is 0 Å². The predicted molar refractivity (Wildman–Crippen MR) is 81.4 cm³/mol. The molecule has 0 unspecified atom stereocenters. The van der Waals surface area contributed by atoms with Crippen LogP contribution in [0.2, 0.25) is 0 Å². The van der Waals surface area contributed by atoms with Gasteiger partial charge in [0, 0.05) is 13.6 Å². The molecule has 1 N–H and O–H groups in total. The number of fused-ring (bicyclic) bond motifs is 1. The van der Waals surface area contributed by atoms with Gasteiger partial charge in [-0.25, -0.2) is 4.79 Å². The van der Waals surface area contributed by atoms with Crippen molar-refractivity contribution in [2.24, 2.45) is 0 Å². The maximum absolute atomic E-state index is 12.6. The van der Waals surface area contributed by atoms with Crippen molar-refractivity contribution in [3.8, 4) is 0 Å². The molecule has 0 aromatic carbocycles. The van der Waals surface area contributed by atoms with Crippen LogP contribution < -0.4 is 0 Å². The molecule has 3 heterocycles. The normalized spacial score (nSPS) is 13.7. The number of carbonyl (C=O) groups excluding carboxylic acids is 1. The highest BCUT2D eigenvalue weighted by Crippen LogP contribution is 2.21. The smallest absolute Gasteiger partial charge is 0.339 e. The molecule has 2 aromatic rings.